The first-order valence-electron chi connectivity index (χ1n) is 5.56. The van der Waals surface area contributed by atoms with Crippen LogP contribution in [0.1, 0.15) is 33.6 Å². The second-order valence-corrected chi connectivity index (χ2v) is 4.93. The summed E-state index contributed by atoms with van der Waals surface area (Å²) in [7, 11) is 0. The number of rotatable bonds is 4. The fourth-order valence-corrected chi connectivity index (χ4v) is 1.77. The average molecular weight is 228 g/mol. The van der Waals surface area contributed by atoms with Crippen molar-refractivity contribution in [3.8, 4) is 0 Å². The summed E-state index contributed by atoms with van der Waals surface area (Å²) in [5, 5.41) is 14.9. The molecule has 0 radical (unpaired) electrons. The molecule has 0 heterocycles. The van der Waals surface area contributed by atoms with Crippen LogP contribution in [0.25, 0.3) is 0 Å². The Bertz CT molecular complexity index is 289. The fraction of sp³-hybridized carbons (Fsp3) is 0.818. The third kappa shape index (κ3) is 2.95. The van der Waals surface area contributed by atoms with Crippen LogP contribution in [-0.4, -0.2) is 35.6 Å². The van der Waals surface area contributed by atoms with Crippen molar-refractivity contribution in [1.82, 2.24) is 10.6 Å². The summed E-state index contributed by atoms with van der Waals surface area (Å²) in [5.41, 5.74) is -0.246. The highest BCUT2D eigenvalue weighted by molar-refractivity contribution is 5.78. The van der Waals surface area contributed by atoms with Crippen LogP contribution in [0, 0.1) is 5.41 Å². The van der Waals surface area contributed by atoms with Crippen molar-refractivity contribution in [1.29, 1.82) is 0 Å². The zero-order valence-corrected chi connectivity index (χ0v) is 10.0. The second-order valence-electron chi connectivity index (χ2n) is 4.93. The number of nitrogens with one attached hydrogen (secondary N) is 2. The molecular weight excluding hydrogens is 208 g/mol. The van der Waals surface area contributed by atoms with Crippen LogP contribution < -0.4 is 10.6 Å². The van der Waals surface area contributed by atoms with Crippen molar-refractivity contribution in [2.45, 2.75) is 45.8 Å². The SMILES string of the molecule is CC(=O)NCCC(=O)NC1CC(O)C1(C)C. The van der Waals surface area contributed by atoms with Gasteiger partial charge in [-0.25, -0.2) is 0 Å². The number of aliphatic hydroxyl groups excluding tert-OH is 1. The van der Waals surface area contributed by atoms with Crippen LogP contribution in [-0.2, 0) is 9.59 Å². The van der Waals surface area contributed by atoms with Gasteiger partial charge in [0.1, 0.15) is 0 Å². The van der Waals surface area contributed by atoms with Crippen LogP contribution in [0.4, 0.5) is 0 Å². The Morgan fingerprint density at radius 3 is 2.50 bits per heavy atom. The molecule has 5 nitrogen and oxygen atoms in total. The van der Waals surface area contributed by atoms with Gasteiger partial charge in [-0.2, -0.15) is 0 Å². The van der Waals surface area contributed by atoms with E-state index in [2.05, 4.69) is 10.6 Å². The van der Waals surface area contributed by atoms with E-state index in [0.29, 0.717) is 13.0 Å². The molecule has 0 aromatic heterocycles. The molecule has 0 aromatic carbocycles. The smallest absolute Gasteiger partial charge is 0.222 e. The summed E-state index contributed by atoms with van der Waals surface area (Å²) in [6.45, 7) is 5.64. The van der Waals surface area contributed by atoms with Crippen molar-refractivity contribution >= 4 is 11.8 Å². The lowest BCUT2D eigenvalue weighted by atomic mass is 9.64. The molecule has 2 unspecified atom stereocenters. The molecule has 5 heteroatoms. The number of carbonyl (C=O) groups is 2. The maximum atomic E-state index is 11.5. The van der Waals surface area contributed by atoms with Gasteiger partial charge in [-0.05, 0) is 6.42 Å². The predicted octanol–water partition coefficient (Wildman–Crippen LogP) is -0.212. The average Bonchev–Trinajstić information content (AvgIpc) is 2.16. The van der Waals surface area contributed by atoms with E-state index in [9.17, 15) is 14.7 Å². The molecule has 0 aliphatic heterocycles. The topological polar surface area (TPSA) is 78.4 Å². The Morgan fingerprint density at radius 1 is 1.44 bits per heavy atom. The van der Waals surface area contributed by atoms with Crippen molar-refractivity contribution in [3.63, 3.8) is 0 Å². The molecule has 92 valence electrons. The van der Waals surface area contributed by atoms with Crippen LogP contribution >= 0.6 is 0 Å². The Labute approximate surface area is 95.6 Å². The molecule has 3 N–H and O–H groups in total. The van der Waals surface area contributed by atoms with E-state index >= 15 is 0 Å². The highest BCUT2D eigenvalue weighted by atomic mass is 16.3. The summed E-state index contributed by atoms with van der Waals surface area (Å²) in [5.74, 6) is -0.217. The lowest BCUT2D eigenvalue weighted by Crippen LogP contribution is -2.61. The first-order chi connectivity index (χ1) is 7.34. The van der Waals surface area contributed by atoms with Gasteiger partial charge in [0.15, 0.2) is 0 Å². The summed E-state index contributed by atoms with van der Waals surface area (Å²) < 4.78 is 0. The van der Waals surface area contributed by atoms with Crippen molar-refractivity contribution in [3.05, 3.63) is 0 Å². The molecule has 0 spiro atoms. The van der Waals surface area contributed by atoms with Gasteiger partial charge in [0.05, 0.1) is 6.10 Å². The summed E-state index contributed by atoms with van der Waals surface area (Å²) in [6.07, 6.45) is 0.550. The lowest BCUT2D eigenvalue weighted by Gasteiger charge is -2.49. The molecule has 16 heavy (non-hydrogen) atoms. The summed E-state index contributed by atoms with van der Waals surface area (Å²) in [6, 6.07) is 0.0346. The molecule has 2 amide bonds. The number of hydrogen-bond donors (Lipinski definition) is 3. The summed E-state index contributed by atoms with van der Waals surface area (Å²) in [4.78, 5) is 22.1. The summed E-state index contributed by atoms with van der Waals surface area (Å²) >= 11 is 0. The first kappa shape index (κ1) is 13.0. The van der Waals surface area contributed by atoms with Gasteiger partial charge < -0.3 is 15.7 Å². The van der Waals surface area contributed by atoms with E-state index in [-0.39, 0.29) is 35.8 Å². The van der Waals surface area contributed by atoms with Gasteiger partial charge in [0, 0.05) is 31.3 Å². The number of aliphatic hydroxyl groups is 1. The van der Waals surface area contributed by atoms with Gasteiger partial charge in [-0.3, -0.25) is 9.59 Å². The van der Waals surface area contributed by atoms with E-state index in [1.165, 1.54) is 6.92 Å². The second kappa shape index (κ2) is 4.82. The van der Waals surface area contributed by atoms with Crippen LogP contribution in [0.2, 0.25) is 0 Å². The van der Waals surface area contributed by atoms with Crippen LogP contribution in [0.15, 0.2) is 0 Å². The molecular formula is C11H20N2O3. The van der Waals surface area contributed by atoms with E-state index in [0.717, 1.165) is 0 Å². The molecule has 0 saturated heterocycles. The Morgan fingerprint density at radius 2 is 2.06 bits per heavy atom. The minimum atomic E-state index is -0.340. The number of carbonyl (C=O) groups excluding carboxylic acids is 2. The fourth-order valence-electron chi connectivity index (χ4n) is 1.77. The largest absolute Gasteiger partial charge is 0.392 e. The maximum Gasteiger partial charge on any atom is 0.222 e. The Kier molecular flexibility index (Phi) is 3.91. The Balaban J connectivity index is 2.23. The third-order valence-corrected chi connectivity index (χ3v) is 3.28. The van der Waals surface area contributed by atoms with Gasteiger partial charge in [0.2, 0.25) is 11.8 Å². The molecule has 1 aliphatic rings. The minimum Gasteiger partial charge on any atom is -0.392 e. The predicted molar refractivity (Wildman–Crippen MR) is 59.6 cm³/mol. The van der Waals surface area contributed by atoms with Gasteiger partial charge in [0.25, 0.3) is 0 Å². The van der Waals surface area contributed by atoms with Crippen molar-refractivity contribution in [2.75, 3.05) is 6.54 Å². The quantitative estimate of drug-likeness (QED) is 0.623. The number of hydrogen-bond acceptors (Lipinski definition) is 3. The van der Waals surface area contributed by atoms with Crippen molar-refractivity contribution in [2.24, 2.45) is 5.41 Å². The minimum absolute atomic E-state index is 0.0346. The van der Waals surface area contributed by atoms with Crippen molar-refractivity contribution < 1.29 is 14.7 Å². The maximum absolute atomic E-state index is 11.5. The third-order valence-electron chi connectivity index (χ3n) is 3.28. The molecule has 0 bridgehead atoms. The Hall–Kier alpha value is -1.10. The molecule has 1 aliphatic carbocycles. The van der Waals surface area contributed by atoms with Crippen LogP contribution in [0.5, 0.6) is 0 Å². The van der Waals surface area contributed by atoms with E-state index < -0.39 is 0 Å². The van der Waals surface area contributed by atoms with E-state index in [1.807, 2.05) is 13.8 Å². The normalized spacial score (nSPS) is 26.8. The molecule has 0 aromatic rings. The van der Waals surface area contributed by atoms with E-state index in [4.69, 9.17) is 0 Å². The molecule has 1 saturated carbocycles. The molecule has 1 fully saturated rings. The highest BCUT2D eigenvalue weighted by Gasteiger charge is 2.47. The standard InChI is InChI=1S/C11H20N2O3/c1-7(14)12-5-4-10(16)13-8-6-9(15)11(8,2)3/h8-9,15H,4-6H2,1-3H3,(H,12,14)(H,13,16). The lowest BCUT2D eigenvalue weighted by molar-refractivity contribution is -0.129. The molecule has 2 atom stereocenters. The van der Waals surface area contributed by atoms with Gasteiger partial charge in [-0.1, -0.05) is 13.8 Å². The van der Waals surface area contributed by atoms with Gasteiger partial charge in [-0.15, -0.1) is 0 Å². The van der Waals surface area contributed by atoms with Crippen LogP contribution in [0.3, 0.4) is 0 Å². The van der Waals surface area contributed by atoms with Gasteiger partial charge >= 0.3 is 0 Å². The highest BCUT2D eigenvalue weighted by Crippen LogP contribution is 2.40. The zero-order valence-electron chi connectivity index (χ0n) is 10.0. The molecule has 1 rings (SSSR count). The van der Waals surface area contributed by atoms with E-state index in [1.54, 1.807) is 0 Å². The number of amides is 2. The first-order valence-corrected chi connectivity index (χ1v) is 5.56. The zero-order chi connectivity index (χ0) is 12.3. The monoisotopic (exact) mass is 228 g/mol.